The van der Waals surface area contributed by atoms with Crippen molar-refractivity contribution in [2.24, 2.45) is 0 Å². The van der Waals surface area contributed by atoms with Crippen LogP contribution in [-0.4, -0.2) is 41.0 Å². The Bertz CT molecular complexity index is 1110. The van der Waals surface area contributed by atoms with Crippen molar-refractivity contribution in [2.45, 2.75) is 20.3 Å². The molecular weight excluding hydrogens is 385 g/mol. The van der Waals surface area contributed by atoms with Gasteiger partial charge in [0.05, 0.1) is 5.35 Å². The average molecular weight is 418 g/mol. The molecule has 1 fully saturated rings. The molecular formula is C27H32FN3. The third-order valence-electron chi connectivity index (χ3n) is 5.99. The molecule has 4 heteroatoms. The Morgan fingerprint density at radius 3 is 2.26 bits per heavy atom. The summed E-state index contributed by atoms with van der Waals surface area (Å²) < 4.78 is 14.8. The van der Waals surface area contributed by atoms with Crippen molar-refractivity contribution >= 4 is 22.7 Å². The number of piperazine rings is 1. The van der Waals surface area contributed by atoms with Crippen molar-refractivity contribution in [3.05, 3.63) is 96.3 Å². The van der Waals surface area contributed by atoms with Crippen LogP contribution < -0.4 is 10.6 Å². The Morgan fingerprint density at radius 1 is 1.06 bits per heavy atom. The van der Waals surface area contributed by atoms with E-state index in [9.17, 15) is 4.39 Å². The Kier molecular flexibility index (Phi) is 7.01. The molecule has 0 aliphatic carbocycles. The molecule has 2 heterocycles. The van der Waals surface area contributed by atoms with Crippen molar-refractivity contribution in [3.63, 3.8) is 0 Å². The van der Waals surface area contributed by atoms with Crippen LogP contribution in [0, 0.1) is 0 Å². The van der Waals surface area contributed by atoms with Crippen molar-refractivity contribution in [1.82, 2.24) is 14.8 Å². The third kappa shape index (κ3) is 4.58. The van der Waals surface area contributed by atoms with Gasteiger partial charge in [-0.25, -0.2) is 4.39 Å². The van der Waals surface area contributed by atoms with Gasteiger partial charge < -0.3 is 14.8 Å². The Labute approximate surface area is 184 Å². The normalized spacial score (nSPS) is 16.0. The number of aromatic nitrogens is 1. The molecule has 31 heavy (non-hydrogen) atoms. The zero-order chi connectivity index (χ0) is 22.5. The number of hydrogen-bond acceptors (Lipinski definition) is 2. The predicted molar refractivity (Wildman–Crippen MR) is 131 cm³/mol. The lowest BCUT2D eigenvalue weighted by atomic mass is 10.0. The first-order valence-corrected chi connectivity index (χ1v) is 10.7. The second-order valence-electron chi connectivity index (χ2n) is 7.81. The molecule has 1 aromatic carbocycles. The van der Waals surface area contributed by atoms with Crippen LogP contribution in [0.25, 0.3) is 22.7 Å². The van der Waals surface area contributed by atoms with E-state index in [0.29, 0.717) is 11.6 Å². The minimum Gasteiger partial charge on any atom is -0.368 e. The maximum Gasteiger partial charge on any atom is 0.110 e. The van der Waals surface area contributed by atoms with Crippen molar-refractivity contribution in [1.29, 1.82) is 0 Å². The molecule has 1 N–H and O–H groups in total. The minimum absolute atomic E-state index is 0.162. The number of aromatic amines is 1. The van der Waals surface area contributed by atoms with Crippen LogP contribution in [-0.2, 0) is 0 Å². The quantitative estimate of drug-likeness (QED) is 0.661. The van der Waals surface area contributed by atoms with Crippen molar-refractivity contribution in [2.75, 3.05) is 26.2 Å². The average Bonchev–Trinajstić information content (AvgIpc) is 3.27. The Balaban J connectivity index is 1.78. The van der Waals surface area contributed by atoms with Gasteiger partial charge >= 0.3 is 0 Å². The predicted octanol–water partition coefficient (Wildman–Crippen LogP) is 4.67. The molecule has 0 unspecified atom stereocenters. The van der Waals surface area contributed by atoms with Crippen LogP contribution in [0.3, 0.4) is 0 Å². The minimum atomic E-state index is -0.162. The number of hydrogen-bond donors (Lipinski definition) is 1. The molecule has 0 radical (unpaired) electrons. The van der Waals surface area contributed by atoms with Gasteiger partial charge in [0.15, 0.2) is 0 Å². The first-order chi connectivity index (χ1) is 14.9. The summed E-state index contributed by atoms with van der Waals surface area (Å²) in [5, 5.41) is 1.32. The number of H-pyrrole nitrogens is 1. The fraction of sp³-hybridized carbons (Fsp3) is 0.259. The van der Waals surface area contributed by atoms with Crippen molar-refractivity contribution < 1.29 is 4.39 Å². The molecule has 0 spiro atoms. The lowest BCUT2D eigenvalue weighted by molar-refractivity contribution is 0.220. The fourth-order valence-corrected chi connectivity index (χ4v) is 3.94. The largest absolute Gasteiger partial charge is 0.368 e. The summed E-state index contributed by atoms with van der Waals surface area (Å²) in [6.45, 7) is 23.7. The second kappa shape index (κ2) is 9.69. The zero-order valence-corrected chi connectivity index (χ0v) is 18.7. The van der Waals surface area contributed by atoms with E-state index in [1.807, 2.05) is 38.2 Å². The number of nitrogens with zero attached hydrogens (tertiary/aromatic N) is 2. The number of halogens is 1. The Morgan fingerprint density at radius 2 is 1.68 bits per heavy atom. The van der Waals surface area contributed by atoms with Gasteiger partial charge in [-0.2, -0.15) is 0 Å². The van der Waals surface area contributed by atoms with E-state index in [1.165, 1.54) is 0 Å². The van der Waals surface area contributed by atoms with Gasteiger partial charge in [-0.1, -0.05) is 69.6 Å². The molecule has 0 atom stereocenters. The van der Waals surface area contributed by atoms with E-state index < -0.39 is 0 Å². The van der Waals surface area contributed by atoms with Crippen LogP contribution in [0.1, 0.15) is 31.4 Å². The highest BCUT2D eigenvalue weighted by Gasteiger charge is 2.22. The van der Waals surface area contributed by atoms with Crippen LogP contribution in [0.4, 0.5) is 4.39 Å². The molecule has 2 aromatic rings. The molecule has 1 aliphatic heterocycles. The van der Waals surface area contributed by atoms with Gasteiger partial charge in [-0.05, 0) is 30.1 Å². The van der Waals surface area contributed by atoms with Gasteiger partial charge in [-0.3, -0.25) is 0 Å². The van der Waals surface area contributed by atoms with E-state index in [4.69, 9.17) is 0 Å². The molecule has 0 amide bonds. The molecule has 1 saturated heterocycles. The maximum atomic E-state index is 14.8. The van der Waals surface area contributed by atoms with Crippen molar-refractivity contribution in [3.8, 4) is 0 Å². The van der Waals surface area contributed by atoms with Crippen LogP contribution in [0.5, 0.6) is 0 Å². The highest BCUT2D eigenvalue weighted by atomic mass is 19.1. The third-order valence-corrected chi connectivity index (χ3v) is 5.99. The van der Waals surface area contributed by atoms with Gasteiger partial charge in [-0.15, -0.1) is 0 Å². The van der Waals surface area contributed by atoms with Crippen LogP contribution >= 0.6 is 0 Å². The Hall–Kier alpha value is -3.27. The fourth-order valence-electron chi connectivity index (χ4n) is 3.94. The SMILES string of the molecule is C=C/C(C)=c1/[nH]cc(C(=C)C(=C)N2CCN(C(=C)c3ccccc3)CC2)/c1=C(\F)CC. The van der Waals surface area contributed by atoms with E-state index in [-0.39, 0.29) is 5.83 Å². The van der Waals surface area contributed by atoms with Gasteiger partial charge in [0.25, 0.3) is 0 Å². The zero-order valence-electron chi connectivity index (χ0n) is 18.7. The monoisotopic (exact) mass is 417 g/mol. The van der Waals surface area contributed by atoms with Crippen LogP contribution in [0.2, 0.25) is 0 Å². The summed E-state index contributed by atoms with van der Waals surface area (Å²) >= 11 is 0. The highest BCUT2D eigenvalue weighted by molar-refractivity contribution is 5.77. The smallest absolute Gasteiger partial charge is 0.110 e. The lowest BCUT2D eigenvalue weighted by Crippen LogP contribution is -2.44. The molecule has 1 aromatic heterocycles. The van der Waals surface area contributed by atoms with E-state index in [0.717, 1.165) is 65.2 Å². The molecule has 3 rings (SSSR count). The number of allylic oxidation sites excluding steroid dienone is 2. The summed E-state index contributed by atoms with van der Waals surface area (Å²) in [4.78, 5) is 7.73. The van der Waals surface area contributed by atoms with Gasteiger partial charge in [0.2, 0.25) is 0 Å². The summed E-state index contributed by atoms with van der Waals surface area (Å²) in [5.41, 5.74) is 5.42. The first-order valence-electron chi connectivity index (χ1n) is 10.7. The molecule has 162 valence electrons. The lowest BCUT2D eigenvalue weighted by Gasteiger charge is -2.39. The number of rotatable bonds is 7. The number of nitrogens with one attached hydrogen (secondary N) is 1. The standard InChI is InChI=1S/C27H32FN3/c1-7-19(3)27-26(25(28)8-2)24(18-29-27)20(4)21(5)30-14-16-31(17-15-30)22(6)23-12-10-9-11-13-23/h7,9-13,18,29H,1,4-6,8,14-17H2,2-3H3/b26-25+,27-19+. The van der Waals surface area contributed by atoms with E-state index >= 15 is 0 Å². The summed E-state index contributed by atoms with van der Waals surface area (Å²) in [6.07, 6.45) is 3.88. The topological polar surface area (TPSA) is 22.3 Å². The van der Waals surface area contributed by atoms with E-state index in [1.54, 1.807) is 6.08 Å². The molecule has 1 aliphatic rings. The second-order valence-corrected chi connectivity index (χ2v) is 7.81. The van der Waals surface area contributed by atoms with E-state index in [2.05, 4.69) is 53.2 Å². The molecule has 3 nitrogen and oxygen atoms in total. The maximum absolute atomic E-state index is 14.8. The first kappa shape index (κ1) is 22.4. The summed E-state index contributed by atoms with van der Waals surface area (Å²) in [7, 11) is 0. The summed E-state index contributed by atoms with van der Waals surface area (Å²) in [6, 6.07) is 10.2. The van der Waals surface area contributed by atoms with Gasteiger partial charge in [0, 0.05) is 54.6 Å². The highest BCUT2D eigenvalue weighted by Crippen LogP contribution is 2.25. The molecule has 0 saturated carbocycles. The molecule has 0 bridgehead atoms. The number of benzene rings is 1. The van der Waals surface area contributed by atoms with Gasteiger partial charge in [0.1, 0.15) is 5.83 Å². The summed E-state index contributed by atoms with van der Waals surface area (Å²) in [5.74, 6) is -0.162. The van der Waals surface area contributed by atoms with Crippen LogP contribution in [0.15, 0.2) is 74.6 Å².